The van der Waals surface area contributed by atoms with Crippen LogP contribution in [0.5, 0.6) is 0 Å². The number of carboxylic acids is 1. The first-order valence-electron chi connectivity index (χ1n) is 11.1. The van der Waals surface area contributed by atoms with Crippen LogP contribution in [-0.2, 0) is 14.3 Å². The Morgan fingerprint density at radius 1 is 1.06 bits per heavy atom. The van der Waals surface area contributed by atoms with Gasteiger partial charge in [0.2, 0.25) is 5.91 Å². The molecule has 0 heterocycles. The molecule has 7 nitrogen and oxygen atoms in total. The van der Waals surface area contributed by atoms with Crippen molar-refractivity contribution in [3.05, 3.63) is 59.7 Å². The monoisotopic (exact) mass is 436 g/mol. The molecule has 0 saturated heterocycles. The van der Waals surface area contributed by atoms with E-state index >= 15 is 0 Å². The van der Waals surface area contributed by atoms with Crippen molar-refractivity contribution in [3.63, 3.8) is 0 Å². The lowest BCUT2D eigenvalue weighted by Crippen LogP contribution is -2.51. The zero-order valence-electron chi connectivity index (χ0n) is 18.1. The maximum atomic E-state index is 12.7. The minimum atomic E-state index is -0.927. The molecule has 0 radical (unpaired) electrons. The first-order valence-corrected chi connectivity index (χ1v) is 11.1. The zero-order chi connectivity index (χ0) is 22.7. The summed E-state index contributed by atoms with van der Waals surface area (Å²) < 4.78 is 5.57. The molecule has 1 saturated carbocycles. The summed E-state index contributed by atoms with van der Waals surface area (Å²) in [7, 11) is 0. The van der Waals surface area contributed by atoms with Crippen LogP contribution in [0.1, 0.15) is 56.1 Å². The Morgan fingerprint density at radius 2 is 1.66 bits per heavy atom. The van der Waals surface area contributed by atoms with Gasteiger partial charge in [-0.15, -0.1) is 0 Å². The summed E-state index contributed by atoms with van der Waals surface area (Å²) in [5.74, 6) is -1.13. The van der Waals surface area contributed by atoms with Gasteiger partial charge in [-0.25, -0.2) is 4.79 Å². The van der Waals surface area contributed by atoms with Crippen LogP contribution in [0, 0.1) is 0 Å². The molecule has 4 rings (SSSR count). The van der Waals surface area contributed by atoms with Gasteiger partial charge in [0.1, 0.15) is 12.1 Å². The predicted molar refractivity (Wildman–Crippen MR) is 119 cm³/mol. The van der Waals surface area contributed by atoms with Gasteiger partial charge in [-0.3, -0.25) is 9.59 Å². The first-order chi connectivity index (χ1) is 15.4. The van der Waals surface area contributed by atoms with Crippen LogP contribution in [0.15, 0.2) is 48.5 Å². The van der Waals surface area contributed by atoms with Crippen molar-refractivity contribution >= 4 is 18.0 Å². The summed E-state index contributed by atoms with van der Waals surface area (Å²) in [6, 6.07) is 16.1. The summed E-state index contributed by atoms with van der Waals surface area (Å²) >= 11 is 0. The van der Waals surface area contributed by atoms with Gasteiger partial charge in [-0.2, -0.15) is 0 Å². The third kappa shape index (κ3) is 4.61. The van der Waals surface area contributed by atoms with Crippen molar-refractivity contribution in [1.82, 2.24) is 10.6 Å². The number of carbonyl (C=O) groups excluding carboxylic acids is 2. The molecule has 32 heavy (non-hydrogen) atoms. The largest absolute Gasteiger partial charge is 0.481 e. The van der Waals surface area contributed by atoms with Crippen molar-refractivity contribution in [2.24, 2.45) is 0 Å². The molecule has 2 aromatic rings. The van der Waals surface area contributed by atoms with Crippen molar-refractivity contribution in [1.29, 1.82) is 0 Å². The van der Waals surface area contributed by atoms with Gasteiger partial charge in [-0.1, -0.05) is 48.5 Å². The van der Waals surface area contributed by atoms with E-state index in [0.29, 0.717) is 25.7 Å². The minimum absolute atomic E-state index is 0.0358. The molecule has 2 aliphatic carbocycles. The fraction of sp³-hybridized carbons (Fsp3) is 0.400. The zero-order valence-corrected chi connectivity index (χ0v) is 18.1. The second-order valence-corrected chi connectivity index (χ2v) is 8.69. The standard InChI is InChI=1S/C25H28N2O5/c1-16(7-6-12-22(28)29)26-23(30)25(13-14-25)27-24(31)32-15-21-19-10-4-2-8-17(19)18-9-3-5-11-20(18)21/h2-5,8-11,16,21H,6-7,12-15H2,1H3,(H,26,30)(H,27,31)(H,28,29). The number of alkyl carbamates (subject to hydrolysis) is 1. The number of hydrogen-bond acceptors (Lipinski definition) is 4. The lowest BCUT2D eigenvalue weighted by atomic mass is 9.98. The number of rotatable bonds is 9. The molecule has 2 amide bonds. The lowest BCUT2D eigenvalue weighted by molar-refractivity contribution is -0.137. The normalized spacial score (nSPS) is 16.4. The average Bonchev–Trinajstić information content (AvgIpc) is 3.48. The number of ether oxygens (including phenoxy) is 1. The molecule has 0 bridgehead atoms. The second-order valence-electron chi connectivity index (χ2n) is 8.69. The van der Waals surface area contributed by atoms with Gasteiger partial charge >= 0.3 is 12.1 Å². The van der Waals surface area contributed by atoms with Crippen LogP contribution < -0.4 is 10.6 Å². The summed E-state index contributed by atoms with van der Waals surface area (Å²) in [5, 5.41) is 14.4. The number of nitrogens with one attached hydrogen (secondary N) is 2. The number of hydrogen-bond donors (Lipinski definition) is 3. The fourth-order valence-corrected chi connectivity index (χ4v) is 4.36. The topological polar surface area (TPSA) is 105 Å². The molecule has 2 aliphatic rings. The minimum Gasteiger partial charge on any atom is -0.481 e. The summed E-state index contributed by atoms with van der Waals surface area (Å²) in [6.07, 6.45) is 1.65. The van der Waals surface area contributed by atoms with Crippen LogP contribution in [0.25, 0.3) is 11.1 Å². The number of amides is 2. The molecule has 0 aromatic heterocycles. The third-order valence-electron chi connectivity index (χ3n) is 6.27. The molecule has 1 unspecified atom stereocenters. The van der Waals surface area contributed by atoms with Crippen LogP contribution in [0.2, 0.25) is 0 Å². The van der Waals surface area contributed by atoms with E-state index in [1.807, 2.05) is 31.2 Å². The molecule has 0 aliphatic heterocycles. The van der Waals surface area contributed by atoms with Gasteiger partial charge in [0.25, 0.3) is 0 Å². The van der Waals surface area contributed by atoms with E-state index in [1.165, 1.54) is 0 Å². The maximum absolute atomic E-state index is 12.7. The number of fused-ring (bicyclic) bond motifs is 3. The Hall–Kier alpha value is -3.35. The fourth-order valence-electron chi connectivity index (χ4n) is 4.36. The Labute approximate surface area is 187 Å². The van der Waals surface area contributed by atoms with Crippen molar-refractivity contribution in [3.8, 4) is 11.1 Å². The van der Waals surface area contributed by atoms with E-state index in [9.17, 15) is 14.4 Å². The van der Waals surface area contributed by atoms with E-state index in [2.05, 4.69) is 34.9 Å². The predicted octanol–water partition coefficient (Wildman–Crippen LogP) is 3.82. The van der Waals surface area contributed by atoms with Gasteiger partial charge < -0.3 is 20.5 Å². The Kier molecular flexibility index (Phi) is 6.17. The van der Waals surface area contributed by atoms with Gasteiger partial charge in [0, 0.05) is 18.4 Å². The highest BCUT2D eigenvalue weighted by Gasteiger charge is 2.52. The number of carboxylic acid groups (broad SMARTS) is 1. The van der Waals surface area contributed by atoms with E-state index in [1.54, 1.807) is 0 Å². The number of carbonyl (C=O) groups is 3. The SMILES string of the molecule is CC(CCCC(=O)O)NC(=O)C1(NC(=O)OCC2c3ccccc3-c3ccccc32)CC1. The molecule has 168 valence electrons. The molecule has 2 aromatic carbocycles. The molecular weight excluding hydrogens is 408 g/mol. The molecule has 1 atom stereocenters. The average molecular weight is 437 g/mol. The number of benzene rings is 2. The lowest BCUT2D eigenvalue weighted by Gasteiger charge is -2.21. The van der Waals surface area contributed by atoms with Crippen molar-refractivity contribution in [2.45, 2.75) is 56.5 Å². The van der Waals surface area contributed by atoms with Gasteiger partial charge in [-0.05, 0) is 54.9 Å². The van der Waals surface area contributed by atoms with E-state index in [4.69, 9.17) is 9.84 Å². The molecular formula is C25H28N2O5. The summed E-state index contributed by atoms with van der Waals surface area (Å²) in [6.45, 7) is 2.03. The highest BCUT2D eigenvalue weighted by Crippen LogP contribution is 2.44. The van der Waals surface area contributed by atoms with Crippen molar-refractivity contribution < 1.29 is 24.2 Å². The van der Waals surface area contributed by atoms with Gasteiger partial charge in [0.15, 0.2) is 0 Å². The van der Waals surface area contributed by atoms with Crippen LogP contribution in [-0.4, -0.2) is 41.3 Å². The van der Waals surface area contributed by atoms with Crippen molar-refractivity contribution in [2.75, 3.05) is 6.61 Å². The molecule has 7 heteroatoms. The Balaban J connectivity index is 1.32. The molecule has 3 N–H and O–H groups in total. The second kappa shape index (κ2) is 9.02. The maximum Gasteiger partial charge on any atom is 0.408 e. The highest BCUT2D eigenvalue weighted by molar-refractivity contribution is 5.93. The highest BCUT2D eigenvalue weighted by atomic mass is 16.5. The van der Waals surface area contributed by atoms with E-state index in [0.717, 1.165) is 22.3 Å². The first kappa shape index (κ1) is 21.9. The summed E-state index contributed by atoms with van der Waals surface area (Å²) in [4.78, 5) is 35.8. The Bertz CT molecular complexity index is 985. The summed E-state index contributed by atoms with van der Waals surface area (Å²) in [5.41, 5.74) is 3.66. The van der Waals surface area contributed by atoms with Crippen LogP contribution in [0.3, 0.4) is 0 Å². The molecule has 0 spiro atoms. The Morgan fingerprint density at radius 3 is 2.22 bits per heavy atom. The van der Waals surface area contributed by atoms with E-state index in [-0.39, 0.29) is 30.9 Å². The van der Waals surface area contributed by atoms with Gasteiger partial charge in [0.05, 0.1) is 0 Å². The van der Waals surface area contributed by atoms with Crippen LogP contribution >= 0.6 is 0 Å². The third-order valence-corrected chi connectivity index (χ3v) is 6.27. The van der Waals surface area contributed by atoms with Crippen LogP contribution in [0.4, 0.5) is 4.79 Å². The van der Waals surface area contributed by atoms with E-state index < -0.39 is 17.6 Å². The number of aliphatic carboxylic acids is 1. The molecule has 1 fully saturated rings. The smallest absolute Gasteiger partial charge is 0.408 e. The quantitative estimate of drug-likeness (QED) is 0.554.